The van der Waals surface area contributed by atoms with Gasteiger partial charge in [-0.3, -0.25) is 9.59 Å². The second-order valence-corrected chi connectivity index (χ2v) is 9.05. The molecule has 0 aliphatic carbocycles. The van der Waals surface area contributed by atoms with Crippen molar-refractivity contribution in [1.82, 2.24) is 0 Å². The maximum atomic E-state index is 12.6. The quantitative estimate of drug-likeness (QED) is 0.219. The Morgan fingerprint density at radius 3 is 1.32 bits per heavy atom. The third kappa shape index (κ3) is 7.47. The molecule has 4 aromatic carbocycles. The Morgan fingerprint density at radius 1 is 0.541 bits per heavy atom. The first kappa shape index (κ1) is 26.0. The van der Waals surface area contributed by atoms with Crippen molar-refractivity contribution in [2.75, 3.05) is 0 Å². The monoisotopic (exact) mass is 509 g/mol. The lowest BCUT2D eigenvalue weighted by molar-refractivity contribution is -0.140. The molecule has 0 aromatic heterocycles. The summed E-state index contributed by atoms with van der Waals surface area (Å²) in [5, 5.41) is 0. The Bertz CT molecular complexity index is 1220. The van der Waals surface area contributed by atoms with Gasteiger partial charge in [0.2, 0.25) is 0 Å². The highest BCUT2D eigenvalue weighted by Gasteiger charge is 2.24. The van der Waals surface area contributed by atoms with Gasteiger partial charge in [-0.1, -0.05) is 60.7 Å². The molecule has 2 unspecified atom stereocenters. The molecule has 0 aliphatic rings. The summed E-state index contributed by atoms with van der Waals surface area (Å²) in [7, 11) is 0. The maximum absolute atomic E-state index is 12.6. The van der Waals surface area contributed by atoms with Crippen molar-refractivity contribution in [3.63, 3.8) is 0 Å². The van der Waals surface area contributed by atoms with E-state index in [-0.39, 0.29) is 0 Å². The Balaban J connectivity index is 1.28. The van der Waals surface area contributed by atoms with Gasteiger partial charge in [-0.15, -0.1) is 0 Å². The largest absolute Gasteiger partial charge is 0.885 e. The summed E-state index contributed by atoms with van der Waals surface area (Å²) in [5.41, 5.74) is 1.49. The van der Waals surface area contributed by atoms with Crippen LogP contribution in [0.5, 0.6) is 23.0 Å². The fraction of sp³-hybridized carbons (Fsp3) is 0.133. The number of para-hydroxylation sites is 2. The van der Waals surface area contributed by atoms with Crippen LogP contribution in [-0.4, -0.2) is 27.8 Å². The first-order valence-corrected chi connectivity index (χ1v) is 12.8. The van der Waals surface area contributed by atoms with Crippen molar-refractivity contribution in [1.29, 1.82) is 0 Å². The lowest BCUT2D eigenvalue weighted by Crippen LogP contribution is -2.22. The first-order valence-electron chi connectivity index (χ1n) is 11.9. The molecular formula is C30H26AlO6. The predicted molar refractivity (Wildman–Crippen MR) is 141 cm³/mol. The summed E-state index contributed by atoms with van der Waals surface area (Å²) in [6.45, 7) is 3.48. The number of rotatable bonds is 10. The fourth-order valence-corrected chi connectivity index (χ4v) is 4.19. The third-order valence-corrected chi connectivity index (χ3v) is 6.37. The lowest BCUT2D eigenvalue weighted by Gasteiger charge is -2.16. The molecule has 0 heterocycles. The number of hydrogen-bond acceptors (Lipinski definition) is 6. The van der Waals surface area contributed by atoms with Gasteiger partial charge >= 0.3 is 15.9 Å². The second-order valence-electron chi connectivity index (χ2n) is 8.39. The Hall–Kier alpha value is -4.05. The van der Waals surface area contributed by atoms with Crippen LogP contribution in [0.1, 0.15) is 36.8 Å². The second kappa shape index (κ2) is 12.8. The van der Waals surface area contributed by atoms with E-state index in [4.69, 9.17) is 17.1 Å². The van der Waals surface area contributed by atoms with Gasteiger partial charge in [0.15, 0.2) is 0 Å². The SMILES string of the molecule is CC(C(=O)[O][Al][O]C(=O)C(C)c1cccc(Oc2ccccc2)c1)c1cccc(Oc2ccccc2)c1. The van der Waals surface area contributed by atoms with Gasteiger partial charge in [0, 0.05) is 0 Å². The van der Waals surface area contributed by atoms with E-state index in [1.807, 2.05) is 97.1 Å². The van der Waals surface area contributed by atoms with E-state index in [0.29, 0.717) is 23.0 Å². The number of carbonyl (C=O) groups is 2. The van der Waals surface area contributed by atoms with Gasteiger partial charge in [-0.05, 0) is 73.5 Å². The van der Waals surface area contributed by atoms with Gasteiger partial charge in [0.25, 0.3) is 11.9 Å². The number of hydrogen-bond donors (Lipinski definition) is 0. The van der Waals surface area contributed by atoms with Crippen molar-refractivity contribution in [2.24, 2.45) is 0 Å². The molecule has 0 N–H and O–H groups in total. The summed E-state index contributed by atoms with van der Waals surface area (Å²) in [6, 6.07) is 33.3. The van der Waals surface area contributed by atoms with Crippen molar-refractivity contribution in [3.05, 3.63) is 120 Å². The van der Waals surface area contributed by atoms with E-state index >= 15 is 0 Å². The molecule has 0 amide bonds. The van der Waals surface area contributed by atoms with Crippen LogP contribution in [0.25, 0.3) is 0 Å². The predicted octanol–water partition coefficient (Wildman–Crippen LogP) is 6.80. The van der Waals surface area contributed by atoms with Crippen molar-refractivity contribution >= 4 is 27.8 Å². The molecule has 2 atom stereocenters. The van der Waals surface area contributed by atoms with Crippen molar-refractivity contribution in [2.45, 2.75) is 25.7 Å². The molecule has 7 heteroatoms. The van der Waals surface area contributed by atoms with Crippen LogP contribution in [0.15, 0.2) is 109 Å². The molecule has 0 spiro atoms. The molecule has 0 saturated heterocycles. The van der Waals surface area contributed by atoms with Crippen molar-refractivity contribution < 1.29 is 26.6 Å². The van der Waals surface area contributed by atoms with Gasteiger partial charge in [0.1, 0.15) is 23.0 Å². The lowest BCUT2D eigenvalue weighted by atomic mass is 10.0. The molecule has 0 bridgehead atoms. The van der Waals surface area contributed by atoms with E-state index < -0.39 is 39.7 Å². The molecule has 0 aliphatic heterocycles. The molecular weight excluding hydrogens is 483 g/mol. The average Bonchev–Trinajstić information content (AvgIpc) is 2.93. The van der Waals surface area contributed by atoms with Gasteiger partial charge < -0.3 is 17.1 Å². The molecule has 0 fully saturated rings. The minimum atomic E-state index is -1.30. The number of ether oxygens (including phenoxy) is 2. The molecule has 37 heavy (non-hydrogen) atoms. The molecule has 0 saturated carbocycles. The fourth-order valence-electron chi connectivity index (χ4n) is 3.54. The zero-order chi connectivity index (χ0) is 26.0. The zero-order valence-electron chi connectivity index (χ0n) is 20.6. The van der Waals surface area contributed by atoms with Gasteiger partial charge in [0.05, 0.1) is 11.8 Å². The van der Waals surface area contributed by atoms with Crippen LogP contribution < -0.4 is 9.47 Å². The molecule has 185 valence electrons. The van der Waals surface area contributed by atoms with Gasteiger partial charge in [-0.25, -0.2) is 0 Å². The van der Waals surface area contributed by atoms with Crippen LogP contribution in [-0.2, 0) is 17.2 Å². The van der Waals surface area contributed by atoms with E-state index in [1.54, 1.807) is 26.0 Å². The summed E-state index contributed by atoms with van der Waals surface area (Å²) >= 11 is -1.30. The number of carbonyl (C=O) groups excluding carboxylic acids is 2. The maximum Gasteiger partial charge on any atom is 0.885 e. The normalized spacial score (nSPS) is 12.1. The van der Waals surface area contributed by atoms with E-state index in [9.17, 15) is 9.59 Å². The molecule has 4 aromatic rings. The van der Waals surface area contributed by atoms with Crippen LogP contribution in [0.4, 0.5) is 0 Å². The van der Waals surface area contributed by atoms with Gasteiger partial charge in [-0.2, -0.15) is 0 Å². The summed E-state index contributed by atoms with van der Waals surface area (Å²) in [5.74, 6) is 0.625. The average molecular weight is 510 g/mol. The zero-order valence-corrected chi connectivity index (χ0v) is 21.7. The Labute approximate surface area is 223 Å². The summed E-state index contributed by atoms with van der Waals surface area (Å²) < 4.78 is 22.3. The summed E-state index contributed by atoms with van der Waals surface area (Å²) in [4.78, 5) is 25.2. The standard InChI is InChI=1S/2C15H14O3.Al/c2*1-11(15(16)17)12-6-5-9-14(10-12)18-13-7-3-2-4-8-13;/h2*2-11H,1H3,(H,16,17);/q;;+2/p-2. The van der Waals surface area contributed by atoms with E-state index in [1.165, 1.54) is 0 Å². The van der Waals surface area contributed by atoms with Crippen molar-refractivity contribution in [3.8, 4) is 23.0 Å². The molecule has 4 rings (SSSR count). The smallest absolute Gasteiger partial charge is 0.589 e. The first-order chi connectivity index (χ1) is 18.0. The van der Waals surface area contributed by atoms with Crippen LogP contribution >= 0.6 is 0 Å². The third-order valence-electron chi connectivity index (χ3n) is 5.71. The number of benzene rings is 4. The Kier molecular flexibility index (Phi) is 8.99. The minimum absolute atomic E-state index is 0.467. The highest BCUT2D eigenvalue weighted by Crippen LogP contribution is 2.27. The highest BCUT2D eigenvalue weighted by atomic mass is 27.2. The van der Waals surface area contributed by atoms with Crippen LogP contribution in [0, 0.1) is 0 Å². The highest BCUT2D eigenvalue weighted by molar-refractivity contribution is 6.26. The molecule has 6 nitrogen and oxygen atoms in total. The topological polar surface area (TPSA) is 71.1 Å². The van der Waals surface area contributed by atoms with E-state index in [2.05, 4.69) is 0 Å². The van der Waals surface area contributed by atoms with E-state index in [0.717, 1.165) is 11.1 Å². The van der Waals surface area contributed by atoms with Crippen LogP contribution in [0.3, 0.4) is 0 Å². The summed E-state index contributed by atoms with van der Waals surface area (Å²) in [6.07, 6.45) is 0. The minimum Gasteiger partial charge on any atom is -0.589 e. The molecule has 1 radical (unpaired) electrons. The van der Waals surface area contributed by atoms with Crippen LogP contribution in [0.2, 0.25) is 0 Å². The Morgan fingerprint density at radius 2 is 0.919 bits per heavy atom.